The molecule has 0 aliphatic carbocycles. The van der Waals surface area contributed by atoms with Gasteiger partial charge in [0.05, 0.1) is 16.1 Å². The average molecular weight is 414 g/mol. The summed E-state index contributed by atoms with van der Waals surface area (Å²) < 4.78 is 0.940. The van der Waals surface area contributed by atoms with E-state index in [1.807, 2.05) is 31.4 Å². The number of carbonyl (C=O) groups excluding carboxylic acids is 2. The minimum Gasteiger partial charge on any atom is -0.350 e. The minimum atomic E-state index is -0.204. The summed E-state index contributed by atoms with van der Waals surface area (Å²) in [5, 5.41) is 7.49. The van der Waals surface area contributed by atoms with Crippen LogP contribution in [0.1, 0.15) is 33.9 Å². The van der Waals surface area contributed by atoms with E-state index in [9.17, 15) is 9.59 Å². The first-order chi connectivity index (χ1) is 9.97. The molecule has 2 aromatic rings. The molecule has 0 aliphatic heterocycles. The highest BCUT2D eigenvalue weighted by molar-refractivity contribution is 14.1. The third-order valence-electron chi connectivity index (χ3n) is 2.64. The maximum atomic E-state index is 12.2. The van der Waals surface area contributed by atoms with E-state index in [2.05, 4.69) is 33.2 Å². The van der Waals surface area contributed by atoms with Gasteiger partial charge in [-0.1, -0.05) is 6.07 Å². The lowest BCUT2D eigenvalue weighted by atomic mass is 10.1. The van der Waals surface area contributed by atoms with Crippen molar-refractivity contribution >= 4 is 51.4 Å². The summed E-state index contributed by atoms with van der Waals surface area (Å²) >= 11 is 3.51. The number of hydrogen-bond donors (Lipinski definition) is 2. The molecular weight excluding hydrogens is 399 g/mol. The second-order valence-corrected chi connectivity index (χ2v) is 6.94. The molecule has 0 saturated heterocycles. The Morgan fingerprint density at radius 2 is 1.95 bits per heavy atom. The molecule has 21 heavy (non-hydrogen) atoms. The van der Waals surface area contributed by atoms with Gasteiger partial charge in [0.25, 0.3) is 11.8 Å². The third kappa shape index (κ3) is 4.28. The van der Waals surface area contributed by atoms with Gasteiger partial charge in [-0.2, -0.15) is 0 Å². The molecule has 0 spiro atoms. The Balaban J connectivity index is 2.26. The van der Waals surface area contributed by atoms with Gasteiger partial charge < -0.3 is 10.6 Å². The molecule has 2 N–H and O–H groups in total. The van der Waals surface area contributed by atoms with Gasteiger partial charge in [0.1, 0.15) is 0 Å². The van der Waals surface area contributed by atoms with Crippen LogP contribution in [0.5, 0.6) is 0 Å². The number of thiophene rings is 1. The van der Waals surface area contributed by atoms with E-state index < -0.39 is 0 Å². The van der Waals surface area contributed by atoms with Gasteiger partial charge in [-0.15, -0.1) is 11.3 Å². The smallest absolute Gasteiger partial charge is 0.265 e. The molecular formula is C15H15IN2O2S. The number of nitrogens with one attached hydrogen (secondary N) is 2. The Kier molecular flexibility index (Phi) is 5.35. The SMILES string of the molecule is CC(C)NC(=O)c1cc(I)ccc1NC(=O)c1cccs1. The summed E-state index contributed by atoms with van der Waals surface area (Å²) in [4.78, 5) is 25.0. The summed E-state index contributed by atoms with van der Waals surface area (Å²) in [6.07, 6.45) is 0. The van der Waals surface area contributed by atoms with Crippen LogP contribution in [0.15, 0.2) is 35.7 Å². The van der Waals surface area contributed by atoms with E-state index in [0.29, 0.717) is 16.1 Å². The lowest BCUT2D eigenvalue weighted by Crippen LogP contribution is -2.31. The summed E-state index contributed by atoms with van der Waals surface area (Å²) in [6, 6.07) is 8.98. The molecule has 1 heterocycles. The van der Waals surface area contributed by atoms with Gasteiger partial charge in [0.2, 0.25) is 0 Å². The maximum absolute atomic E-state index is 12.2. The van der Waals surface area contributed by atoms with Crippen LogP contribution in [-0.4, -0.2) is 17.9 Å². The monoisotopic (exact) mass is 414 g/mol. The fraction of sp³-hybridized carbons (Fsp3) is 0.200. The van der Waals surface area contributed by atoms with Crippen LogP contribution < -0.4 is 10.6 Å². The number of rotatable bonds is 4. The lowest BCUT2D eigenvalue weighted by Gasteiger charge is -2.13. The van der Waals surface area contributed by atoms with Crippen molar-refractivity contribution in [2.75, 3.05) is 5.32 Å². The first kappa shape index (κ1) is 16.0. The Labute approximate surface area is 141 Å². The summed E-state index contributed by atoms with van der Waals surface area (Å²) in [5.41, 5.74) is 0.993. The molecule has 1 aromatic carbocycles. The zero-order chi connectivity index (χ0) is 15.4. The predicted octanol–water partition coefficient (Wildman–Crippen LogP) is 3.74. The van der Waals surface area contributed by atoms with Crippen molar-refractivity contribution in [1.82, 2.24) is 5.32 Å². The van der Waals surface area contributed by atoms with Crippen molar-refractivity contribution in [3.63, 3.8) is 0 Å². The number of carbonyl (C=O) groups is 2. The molecule has 0 radical (unpaired) electrons. The van der Waals surface area contributed by atoms with Crippen molar-refractivity contribution < 1.29 is 9.59 Å². The summed E-state index contributed by atoms with van der Waals surface area (Å²) in [5.74, 6) is -0.394. The molecule has 1 aromatic heterocycles. The predicted molar refractivity (Wildman–Crippen MR) is 94.0 cm³/mol. The molecule has 110 valence electrons. The van der Waals surface area contributed by atoms with E-state index in [4.69, 9.17) is 0 Å². The number of hydrogen-bond acceptors (Lipinski definition) is 3. The van der Waals surface area contributed by atoms with Crippen LogP contribution in [0.25, 0.3) is 0 Å². The number of halogens is 1. The first-order valence-corrected chi connectivity index (χ1v) is 8.38. The van der Waals surface area contributed by atoms with Crippen LogP contribution in [0, 0.1) is 3.57 Å². The van der Waals surface area contributed by atoms with E-state index in [0.717, 1.165) is 3.57 Å². The Hall–Kier alpha value is -1.41. The van der Waals surface area contributed by atoms with Crippen LogP contribution in [0.4, 0.5) is 5.69 Å². The number of benzene rings is 1. The van der Waals surface area contributed by atoms with Crippen molar-refractivity contribution in [3.8, 4) is 0 Å². The molecule has 0 bridgehead atoms. The number of anilines is 1. The first-order valence-electron chi connectivity index (χ1n) is 6.42. The standard InChI is InChI=1S/C15H15IN2O2S/c1-9(2)17-14(19)11-8-10(16)5-6-12(11)18-15(20)13-4-3-7-21-13/h3-9H,1-2H3,(H,17,19)(H,18,20). The van der Waals surface area contributed by atoms with Crippen molar-refractivity contribution in [3.05, 3.63) is 49.7 Å². The third-order valence-corrected chi connectivity index (χ3v) is 4.18. The second kappa shape index (κ2) is 7.04. The highest BCUT2D eigenvalue weighted by Crippen LogP contribution is 2.21. The average Bonchev–Trinajstić information content (AvgIpc) is 2.94. The lowest BCUT2D eigenvalue weighted by molar-refractivity contribution is 0.0944. The van der Waals surface area contributed by atoms with E-state index in [1.54, 1.807) is 18.2 Å². The molecule has 0 saturated carbocycles. The van der Waals surface area contributed by atoms with E-state index in [1.165, 1.54) is 11.3 Å². The highest BCUT2D eigenvalue weighted by Gasteiger charge is 2.16. The van der Waals surface area contributed by atoms with Crippen molar-refractivity contribution in [2.24, 2.45) is 0 Å². The largest absolute Gasteiger partial charge is 0.350 e. The summed E-state index contributed by atoms with van der Waals surface area (Å²) in [7, 11) is 0. The van der Waals surface area contributed by atoms with Gasteiger partial charge in [0, 0.05) is 9.61 Å². The van der Waals surface area contributed by atoms with Gasteiger partial charge in [-0.05, 0) is 66.1 Å². The second-order valence-electron chi connectivity index (χ2n) is 4.75. The molecule has 2 amide bonds. The zero-order valence-corrected chi connectivity index (χ0v) is 14.6. The highest BCUT2D eigenvalue weighted by atomic mass is 127. The van der Waals surface area contributed by atoms with Crippen molar-refractivity contribution in [2.45, 2.75) is 19.9 Å². The fourth-order valence-electron chi connectivity index (χ4n) is 1.74. The normalized spacial score (nSPS) is 10.5. The molecule has 2 rings (SSSR count). The number of amides is 2. The molecule has 6 heteroatoms. The van der Waals surface area contributed by atoms with E-state index >= 15 is 0 Å². The van der Waals surface area contributed by atoms with Crippen LogP contribution >= 0.6 is 33.9 Å². The molecule has 0 aliphatic rings. The van der Waals surface area contributed by atoms with Gasteiger partial charge >= 0.3 is 0 Å². The molecule has 0 fully saturated rings. The Morgan fingerprint density at radius 1 is 1.19 bits per heavy atom. The van der Waals surface area contributed by atoms with Crippen LogP contribution in [0.2, 0.25) is 0 Å². The Bertz CT molecular complexity index is 654. The Morgan fingerprint density at radius 3 is 2.57 bits per heavy atom. The molecule has 0 unspecified atom stereocenters. The van der Waals surface area contributed by atoms with Crippen LogP contribution in [-0.2, 0) is 0 Å². The fourth-order valence-corrected chi connectivity index (χ4v) is 2.86. The zero-order valence-electron chi connectivity index (χ0n) is 11.6. The van der Waals surface area contributed by atoms with E-state index in [-0.39, 0.29) is 17.9 Å². The van der Waals surface area contributed by atoms with Gasteiger partial charge in [-0.25, -0.2) is 0 Å². The van der Waals surface area contributed by atoms with Crippen LogP contribution in [0.3, 0.4) is 0 Å². The maximum Gasteiger partial charge on any atom is 0.265 e. The summed E-state index contributed by atoms with van der Waals surface area (Å²) in [6.45, 7) is 3.80. The quantitative estimate of drug-likeness (QED) is 0.749. The van der Waals surface area contributed by atoms with Gasteiger partial charge in [-0.3, -0.25) is 9.59 Å². The van der Waals surface area contributed by atoms with Crippen molar-refractivity contribution in [1.29, 1.82) is 0 Å². The van der Waals surface area contributed by atoms with Gasteiger partial charge in [0.15, 0.2) is 0 Å². The minimum absolute atomic E-state index is 0.0382. The topological polar surface area (TPSA) is 58.2 Å². The molecule has 4 nitrogen and oxygen atoms in total. The molecule has 0 atom stereocenters.